The zero-order chi connectivity index (χ0) is 11.0. The number of fused-ring (bicyclic) bond motifs is 1. The lowest BCUT2D eigenvalue weighted by Gasteiger charge is -2.19. The third kappa shape index (κ3) is 1.87. The highest BCUT2D eigenvalue weighted by Crippen LogP contribution is 2.32. The normalized spacial score (nSPS) is 32.2. The highest BCUT2D eigenvalue weighted by molar-refractivity contribution is 5.87. The molecule has 2 heterocycles. The van der Waals surface area contributed by atoms with E-state index >= 15 is 0 Å². The Morgan fingerprint density at radius 2 is 2.12 bits per heavy atom. The van der Waals surface area contributed by atoms with Crippen molar-refractivity contribution in [2.24, 2.45) is 0 Å². The monoisotopic (exact) mass is 220 g/mol. The number of ether oxygens (including phenoxy) is 3. The molecule has 1 aromatic carbocycles. The predicted molar refractivity (Wildman–Crippen MR) is 54.6 cm³/mol. The van der Waals surface area contributed by atoms with E-state index in [4.69, 9.17) is 14.2 Å². The smallest absolute Gasteiger partial charge is 0.190 e. The number of benzene rings is 1. The first-order valence-corrected chi connectivity index (χ1v) is 5.30. The summed E-state index contributed by atoms with van der Waals surface area (Å²) in [7, 11) is 0. The number of Topliss-reactive ketones (excluding diaryl/α,β-unsaturated/α-hetero) is 1. The minimum atomic E-state index is -0.400. The predicted octanol–water partition coefficient (Wildman–Crippen LogP) is 0.896. The first kappa shape index (κ1) is 9.96. The van der Waals surface area contributed by atoms with Crippen molar-refractivity contribution < 1.29 is 19.0 Å². The first-order valence-electron chi connectivity index (χ1n) is 5.30. The Kier molecular flexibility index (Phi) is 2.47. The van der Waals surface area contributed by atoms with Crippen molar-refractivity contribution in [1.82, 2.24) is 0 Å². The summed E-state index contributed by atoms with van der Waals surface area (Å²) < 4.78 is 16.0. The lowest BCUT2D eigenvalue weighted by Crippen LogP contribution is -2.35. The SMILES string of the molecule is O=C1CO[C@H](OCc2ccccc2)[C@H]2O[C@@H]12. The Hall–Kier alpha value is -1.23. The lowest BCUT2D eigenvalue weighted by molar-refractivity contribution is -0.172. The molecule has 3 rings (SSSR count). The molecule has 0 bridgehead atoms. The molecule has 0 spiro atoms. The molecule has 1 aromatic rings. The van der Waals surface area contributed by atoms with Crippen molar-refractivity contribution in [3.8, 4) is 0 Å². The van der Waals surface area contributed by atoms with Gasteiger partial charge in [-0.1, -0.05) is 30.3 Å². The third-order valence-electron chi connectivity index (χ3n) is 2.76. The van der Waals surface area contributed by atoms with Gasteiger partial charge in [-0.15, -0.1) is 0 Å². The molecule has 0 aliphatic carbocycles. The van der Waals surface area contributed by atoms with Crippen LogP contribution >= 0.6 is 0 Å². The number of carbonyl (C=O) groups excluding carboxylic acids is 1. The van der Waals surface area contributed by atoms with E-state index in [1.54, 1.807) is 0 Å². The van der Waals surface area contributed by atoms with Crippen molar-refractivity contribution in [2.75, 3.05) is 6.61 Å². The summed E-state index contributed by atoms with van der Waals surface area (Å²) in [6, 6.07) is 9.85. The number of rotatable bonds is 3. The van der Waals surface area contributed by atoms with E-state index in [0.29, 0.717) is 6.61 Å². The molecule has 3 atom stereocenters. The summed E-state index contributed by atoms with van der Waals surface area (Å²) in [5.41, 5.74) is 1.08. The molecule has 0 radical (unpaired) electrons. The van der Waals surface area contributed by atoms with Crippen molar-refractivity contribution in [3.05, 3.63) is 35.9 Å². The molecule has 2 aliphatic heterocycles. The first-order chi connectivity index (χ1) is 7.84. The second kappa shape index (κ2) is 3.97. The molecular formula is C12H12O4. The van der Waals surface area contributed by atoms with E-state index in [1.165, 1.54) is 0 Å². The maximum atomic E-state index is 11.1. The van der Waals surface area contributed by atoms with Gasteiger partial charge in [0.15, 0.2) is 12.1 Å². The van der Waals surface area contributed by atoms with Crippen LogP contribution in [0.3, 0.4) is 0 Å². The molecule has 2 fully saturated rings. The van der Waals surface area contributed by atoms with Crippen LogP contribution in [0.5, 0.6) is 0 Å². The lowest BCUT2D eigenvalue weighted by atomic mass is 10.2. The number of hydrogen-bond donors (Lipinski definition) is 0. The summed E-state index contributed by atoms with van der Waals surface area (Å²) in [5.74, 6) is 0.0181. The average molecular weight is 220 g/mol. The zero-order valence-corrected chi connectivity index (χ0v) is 8.67. The molecule has 2 saturated heterocycles. The summed E-state index contributed by atoms with van der Waals surface area (Å²) in [6.07, 6.45) is -0.873. The molecule has 2 aliphatic rings. The van der Waals surface area contributed by atoms with Gasteiger partial charge < -0.3 is 14.2 Å². The zero-order valence-electron chi connectivity index (χ0n) is 8.67. The van der Waals surface area contributed by atoms with Crippen LogP contribution in [0, 0.1) is 0 Å². The molecule has 0 amide bonds. The van der Waals surface area contributed by atoms with E-state index in [2.05, 4.69) is 0 Å². The molecule has 16 heavy (non-hydrogen) atoms. The van der Waals surface area contributed by atoms with Gasteiger partial charge in [-0.2, -0.15) is 0 Å². The fourth-order valence-corrected chi connectivity index (χ4v) is 1.83. The number of hydrogen-bond acceptors (Lipinski definition) is 4. The minimum Gasteiger partial charge on any atom is -0.356 e. The second-order valence-electron chi connectivity index (χ2n) is 3.96. The fourth-order valence-electron chi connectivity index (χ4n) is 1.83. The summed E-state index contributed by atoms with van der Waals surface area (Å²) in [6.45, 7) is 0.576. The Morgan fingerprint density at radius 3 is 2.94 bits per heavy atom. The summed E-state index contributed by atoms with van der Waals surface area (Å²) >= 11 is 0. The van der Waals surface area contributed by atoms with E-state index in [0.717, 1.165) is 5.56 Å². The van der Waals surface area contributed by atoms with Crippen LogP contribution < -0.4 is 0 Å². The largest absolute Gasteiger partial charge is 0.356 e. The molecular weight excluding hydrogens is 208 g/mol. The number of carbonyl (C=O) groups is 1. The quantitative estimate of drug-likeness (QED) is 0.710. The van der Waals surface area contributed by atoms with E-state index in [1.807, 2.05) is 30.3 Å². The van der Waals surface area contributed by atoms with Crippen LogP contribution in [0.2, 0.25) is 0 Å². The maximum absolute atomic E-state index is 11.1. The molecule has 0 N–H and O–H groups in total. The van der Waals surface area contributed by atoms with Gasteiger partial charge in [0.2, 0.25) is 0 Å². The van der Waals surface area contributed by atoms with Crippen molar-refractivity contribution >= 4 is 5.78 Å². The van der Waals surface area contributed by atoms with Crippen LogP contribution in [0.4, 0.5) is 0 Å². The van der Waals surface area contributed by atoms with Gasteiger partial charge in [0.25, 0.3) is 0 Å². The van der Waals surface area contributed by atoms with Crippen molar-refractivity contribution in [3.63, 3.8) is 0 Å². The Morgan fingerprint density at radius 1 is 1.31 bits per heavy atom. The Balaban J connectivity index is 1.55. The highest BCUT2D eigenvalue weighted by Gasteiger charge is 2.54. The average Bonchev–Trinajstić information content (AvgIpc) is 3.11. The van der Waals surface area contributed by atoms with Crippen LogP contribution in [-0.2, 0) is 25.6 Å². The summed E-state index contributed by atoms with van der Waals surface area (Å²) in [4.78, 5) is 11.1. The van der Waals surface area contributed by atoms with Crippen LogP contribution in [-0.4, -0.2) is 30.9 Å². The van der Waals surface area contributed by atoms with Crippen LogP contribution in [0.25, 0.3) is 0 Å². The Bertz CT molecular complexity index is 389. The molecule has 4 nitrogen and oxygen atoms in total. The third-order valence-corrected chi connectivity index (χ3v) is 2.76. The maximum Gasteiger partial charge on any atom is 0.190 e. The van der Waals surface area contributed by atoms with E-state index in [9.17, 15) is 4.79 Å². The van der Waals surface area contributed by atoms with Crippen molar-refractivity contribution in [1.29, 1.82) is 0 Å². The Labute approximate surface area is 93.1 Å². The topological polar surface area (TPSA) is 48.1 Å². The molecule has 0 saturated carbocycles. The van der Waals surface area contributed by atoms with Gasteiger partial charge in [-0.25, -0.2) is 0 Å². The van der Waals surface area contributed by atoms with Crippen LogP contribution in [0.15, 0.2) is 30.3 Å². The van der Waals surface area contributed by atoms with E-state index < -0.39 is 6.29 Å². The van der Waals surface area contributed by atoms with Gasteiger partial charge >= 0.3 is 0 Å². The highest BCUT2D eigenvalue weighted by atomic mass is 16.7. The van der Waals surface area contributed by atoms with Crippen molar-refractivity contribution in [2.45, 2.75) is 25.1 Å². The molecule has 0 aromatic heterocycles. The molecule has 4 heteroatoms. The minimum absolute atomic E-state index is 0.0181. The standard InChI is InChI=1S/C12H12O4/c13-9-7-15-12(11-10(9)16-11)14-6-8-4-2-1-3-5-8/h1-5,10-12H,6-7H2/t10-,11-,12-/m0/s1. The second-order valence-corrected chi connectivity index (χ2v) is 3.96. The van der Waals surface area contributed by atoms with Gasteiger partial charge in [-0.3, -0.25) is 4.79 Å². The summed E-state index contributed by atoms with van der Waals surface area (Å²) in [5, 5.41) is 0. The van der Waals surface area contributed by atoms with Gasteiger partial charge in [0.1, 0.15) is 18.8 Å². The van der Waals surface area contributed by atoms with Gasteiger partial charge in [0, 0.05) is 0 Å². The fraction of sp³-hybridized carbons (Fsp3) is 0.417. The molecule has 0 unspecified atom stereocenters. The van der Waals surface area contributed by atoms with E-state index in [-0.39, 0.29) is 24.6 Å². The molecule has 84 valence electrons. The number of ketones is 1. The van der Waals surface area contributed by atoms with Crippen LogP contribution in [0.1, 0.15) is 5.56 Å². The van der Waals surface area contributed by atoms with Gasteiger partial charge in [-0.05, 0) is 5.56 Å². The number of epoxide rings is 1. The van der Waals surface area contributed by atoms with Gasteiger partial charge in [0.05, 0.1) is 6.61 Å².